The van der Waals surface area contributed by atoms with E-state index in [9.17, 15) is 14.9 Å². The van der Waals surface area contributed by atoms with Gasteiger partial charge < -0.3 is 14.2 Å². The number of nitro groups is 1. The molecule has 0 aromatic heterocycles. The molecular formula is C16H11BrClN3O6. The topological polar surface area (TPSA) is 112 Å². The molecule has 0 radical (unpaired) electrons. The number of nitrogens with one attached hydrogen (secondary N) is 1. The average molecular weight is 457 g/mol. The van der Waals surface area contributed by atoms with Crippen LogP contribution in [-0.2, 0) is 4.79 Å². The maximum atomic E-state index is 11.8. The summed E-state index contributed by atoms with van der Waals surface area (Å²) in [5.74, 6) is 0.855. The van der Waals surface area contributed by atoms with Gasteiger partial charge in [-0.25, -0.2) is 5.43 Å². The van der Waals surface area contributed by atoms with Crippen LogP contribution in [0.15, 0.2) is 39.9 Å². The van der Waals surface area contributed by atoms with E-state index in [1.807, 2.05) is 0 Å². The van der Waals surface area contributed by atoms with E-state index in [2.05, 4.69) is 26.5 Å². The number of hydrogen-bond acceptors (Lipinski definition) is 7. The fraction of sp³-hybridized carbons (Fsp3) is 0.125. The number of ether oxygens (including phenoxy) is 3. The molecule has 0 atom stereocenters. The van der Waals surface area contributed by atoms with Crippen LogP contribution < -0.4 is 19.6 Å². The lowest BCUT2D eigenvalue weighted by Gasteiger charge is -2.07. The maximum Gasteiger partial charge on any atom is 0.277 e. The van der Waals surface area contributed by atoms with E-state index in [1.165, 1.54) is 24.4 Å². The quantitative estimate of drug-likeness (QED) is 0.406. The molecule has 1 aliphatic heterocycles. The van der Waals surface area contributed by atoms with Gasteiger partial charge in [-0.3, -0.25) is 14.9 Å². The Balaban J connectivity index is 1.54. The van der Waals surface area contributed by atoms with Crippen LogP contribution in [0.25, 0.3) is 0 Å². The number of carbonyl (C=O) groups is 1. The number of nitrogens with zero attached hydrogens (tertiary/aromatic N) is 2. The minimum atomic E-state index is -0.531. The van der Waals surface area contributed by atoms with Crippen molar-refractivity contribution in [2.75, 3.05) is 13.4 Å². The third-order valence-electron chi connectivity index (χ3n) is 3.37. The molecule has 0 unspecified atom stereocenters. The Morgan fingerprint density at radius 3 is 2.81 bits per heavy atom. The standard InChI is InChI=1S/C16H11BrClN3O6/c17-11-4-10(21(23)24)1-2-13(11)25-7-16(22)20-19-6-9-3-14-15(5-12(9)18)27-8-26-14/h1-6H,7-8H2,(H,20,22)/b19-6+. The predicted octanol–water partition coefficient (Wildman–Crippen LogP) is 3.27. The number of halogens is 2. The van der Waals surface area contributed by atoms with Crippen molar-refractivity contribution in [1.82, 2.24) is 5.43 Å². The number of non-ortho nitro benzene ring substituents is 1. The van der Waals surface area contributed by atoms with Crippen molar-refractivity contribution < 1.29 is 23.9 Å². The van der Waals surface area contributed by atoms with E-state index in [4.69, 9.17) is 25.8 Å². The van der Waals surface area contributed by atoms with Gasteiger partial charge in [0.15, 0.2) is 18.1 Å². The SMILES string of the molecule is O=C(COc1ccc([N+](=O)[O-])cc1Br)N/N=C/c1cc2c(cc1Cl)OCO2. The molecule has 0 saturated carbocycles. The number of amides is 1. The van der Waals surface area contributed by atoms with Gasteiger partial charge in [-0.15, -0.1) is 0 Å². The lowest BCUT2D eigenvalue weighted by atomic mass is 10.2. The number of benzene rings is 2. The molecule has 1 N–H and O–H groups in total. The maximum absolute atomic E-state index is 11.8. The first-order valence-electron chi connectivity index (χ1n) is 7.42. The fourth-order valence-corrected chi connectivity index (χ4v) is 2.79. The first-order chi connectivity index (χ1) is 12.9. The smallest absolute Gasteiger partial charge is 0.277 e. The van der Waals surface area contributed by atoms with Crippen LogP contribution in [0.5, 0.6) is 17.2 Å². The van der Waals surface area contributed by atoms with Gasteiger partial charge in [0.2, 0.25) is 6.79 Å². The van der Waals surface area contributed by atoms with Crippen LogP contribution in [0.3, 0.4) is 0 Å². The van der Waals surface area contributed by atoms with Gasteiger partial charge in [0, 0.05) is 23.8 Å². The Bertz CT molecular complexity index is 937. The highest BCUT2D eigenvalue weighted by Gasteiger charge is 2.16. The highest BCUT2D eigenvalue weighted by molar-refractivity contribution is 9.10. The van der Waals surface area contributed by atoms with Gasteiger partial charge in [0.1, 0.15) is 5.75 Å². The summed E-state index contributed by atoms with van der Waals surface area (Å²) in [7, 11) is 0. The molecule has 0 saturated heterocycles. The summed E-state index contributed by atoms with van der Waals surface area (Å²) in [5.41, 5.74) is 2.74. The molecule has 1 aliphatic rings. The monoisotopic (exact) mass is 455 g/mol. The van der Waals surface area contributed by atoms with Gasteiger partial charge in [0.05, 0.1) is 20.6 Å². The second kappa shape index (κ2) is 8.23. The van der Waals surface area contributed by atoms with E-state index in [-0.39, 0.29) is 19.1 Å². The molecule has 140 valence electrons. The van der Waals surface area contributed by atoms with Gasteiger partial charge >= 0.3 is 0 Å². The molecule has 27 heavy (non-hydrogen) atoms. The minimum absolute atomic E-state index is 0.0936. The Morgan fingerprint density at radius 2 is 2.11 bits per heavy atom. The summed E-state index contributed by atoms with van der Waals surface area (Å²) >= 11 is 9.25. The summed E-state index contributed by atoms with van der Waals surface area (Å²) < 4.78 is 16.1. The zero-order chi connectivity index (χ0) is 19.4. The van der Waals surface area contributed by atoms with Crippen LogP contribution in [0, 0.1) is 10.1 Å². The van der Waals surface area contributed by atoms with Crippen molar-refractivity contribution in [2.45, 2.75) is 0 Å². The number of nitro benzene ring substituents is 1. The van der Waals surface area contributed by atoms with E-state index in [0.717, 1.165) is 0 Å². The van der Waals surface area contributed by atoms with Crippen LogP contribution in [0.1, 0.15) is 5.56 Å². The van der Waals surface area contributed by atoms with E-state index >= 15 is 0 Å². The molecule has 0 aliphatic carbocycles. The van der Waals surface area contributed by atoms with Crippen LogP contribution in [-0.4, -0.2) is 30.4 Å². The number of carbonyl (C=O) groups excluding carboxylic acids is 1. The molecular weight excluding hydrogens is 446 g/mol. The van der Waals surface area contributed by atoms with Crippen molar-refractivity contribution in [3.8, 4) is 17.2 Å². The minimum Gasteiger partial charge on any atom is -0.483 e. The number of hydrazone groups is 1. The first kappa shape index (κ1) is 18.9. The molecule has 9 nitrogen and oxygen atoms in total. The Hall–Kier alpha value is -2.85. The average Bonchev–Trinajstić information content (AvgIpc) is 3.07. The van der Waals surface area contributed by atoms with Gasteiger partial charge in [-0.05, 0) is 28.1 Å². The summed E-state index contributed by atoms with van der Waals surface area (Å²) in [5, 5.41) is 14.9. The normalized spacial score (nSPS) is 12.2. The van der Waals surface area contributed by atoms with Crippen molar-refractivity contribution in [2.24, 2.45) is 5.10 Å². The Labute approximate surface area is 166 Å². The van der Waals surface area contributed by atoms with Crippen LogP contribution in [0.2, 0.25) is 5.02 Å². The van der Waals surface area contributed by atoms with Gasteiger partial charge in [-0.2, -0.15) is 5.10 Å². The molecule has 1 heterocycles. The molecule has 0 bridgehead atoms. The Kier molecular flexibility index (Phi) is 5.77. The van der Waals surface area contributed by atoms with Gasteiger partial charge in [-0.1, -0.05) is 11.6 Å². The molecule has 0 spiro atoms. The summed E-state index contributed by atoms with van der Waals surface area (Å²) in [6.45, 7) is -0.207. The van der Waals surface area contributed by atoms with E-state index in [0.29, 0.717) is 32.3 Å². The molecule has 2 aromatic rings. The van der Waals surface area contributed by atoms with Crippen molar-refractivity contribution in [3.05, 3.63) is 55.5 Å². The van der Waals surface area contributed by atoms with Crippen molar-refractivity contribution >= 4 is 45.3 Å². The third-order valence-corrected chi connectivity index (χ3v) is 4.32. The third kappa shape index (κ3) is 4.66. The summed E-state index contributed by atoms with van der Waals surface area (Å²) in [4.78, 5) is 22.0. The van der Waals surface area contributed by atoms with Crippen molar-refractivity contribution in [1.29, 1.82) is 0 Å². The van der Waals surface area contributed by atoms with Crippen LogP contribution in [0.4, 0.5) is 5.69 Å². The lowest BCUT2D eigenvalue weighted by Crippen LogP contribution is -2.24. The van der Waals surface area contributed by atoms with Crippen LogP contribution >= 0.6 is 27.5 Å². The first-order valence-corrected chi connectivity index (χ1v) is 8.59. The van der Waals surface area contributed by atoms with Crippen molar-refractivity contribution in [3.63, 3.8) is 0 Å². The molecule has 1 amide bonds. The molecule has 3 rings (SSSR count). The largest absolute Gasteiger partial charge is 0.483 e. The fourth-order valence-electron chi connectivity index (χ4n) is 2.10. The second-order valence-corrected chi connectivity index (χ2v) is 6.44. The summed E-state index contributed by atoms with van der Waals surface area (Å²) in [6, 6.07) is 7.20. The Morgan fingerprint density at radius 1 is 1.37 bits per heavy atom. The summed E-state index contributed by atoms with van der Waals surface area (Å²) in [6.07, 6.45) is 1.37. The van der Waals surface area contributed by atoms with E-state index < -0.39 is 10.8 Å². The molecule has 2 aromatic carbocycles. The number of hydrogen-bond donors (Lipinski definition) is 1. The highest BCUT2D eigenvalue weighted by atomic mass is 79.9. The molecule has 0 fully saturated rings. The lowest BCUT2D eigenvalue weighted by molar-refractivity contribution is -0.384. The number of fused-ring (bicyclic) bond motifs is 1. The second-order valence-electron chi connectivity index (χ2n) is 5.18. The molecule has 11 heteroatoms. The van der Waals surface area contributed by atoms with E-state index in [1.54, 1.807) is 12.1 Å². The zero-order valence-corrected chi connectivity index (χ0v) is 15.8. The highest BCUT2D eigenvalue weighted by Crippen LogP contribution is 2.36. The number of rotatable bonds is 6. The predicted molar refractivity (Wildman–Crippen MR) is 99.6 cm³/mol. The zero-order valence-electron chi connectivity index (χ0n) is 13.5. The van der Waals surface area contributed by atoms with Gasteiger partial charge in [0.25, 0.3) is 11.6 Å².